The number of aryl methyl sites for hydroxylation is 1. The molecule has 1 aromatic rings. The van der Waals surface area contributed by atoms with Gasteiger partial charge in [0.15, 0.2) is 0 Å². The Kier molecular flexibility index (Phi) is 5.29. The lowest BCUT2D eigenvalue weighted by Crippen LogP contribution is -2.39. The van der Waals surface area contributed by atoms with Crippen molar-refractivity contribution in [3.8, 4) is 0 Å². The highest BCUT2D eigenvalue weighted by Gasteiger charge is 2.48. The first kappa shape index (κ1) is 19.4. The molecule has 4 aliphatic heterocycles. The molecular formula is C24H35N3O2. The van der Waals surface area contributed by atoms with E-state index in [4.69, 9.17) is 4.74 Å². The van der Waals surface area contributed by atoms with Crippen molar-refractivity contribution in [3.05, 3.63) is 23.8 Å². The monoisotopic (exact) mass is 397 g/mol. The molecule has 29 heavy (non-hydrogen) atoms. The molecule has 1 amide bonds. The van der Waals surface area contributed by atoms with E-state index in [2.05, 4.69) is 39.8 Å². The summed E-state index contributed by atoms with van der Waals surface area (Å²) in [6.07, 6.45) is 7.71. The van der Waals surface area contributed by atoms with Gasteiger partial charge in [0.1, 0.15) is 0 Å². The lowest BCUT2D eigenvalue weighted by Gasteiger charge is -2.32. The van der Waals surface area contributed by atoms with E-state index in [1.54, 1.807) is 0 Å². The van der Waals surface area contributed by atoms with E-state index in [1.165, 1.54) is 43.6 Å². The molecule has 4 aliphatic rings. The fourth-order valence-corrected chi connectivity index (χ4v) is 5.97. The molecule has 158 valence electrons. The van der Waals surface area contributed by atoms with Gasteiger partial charge in [0.2, 0.25) is 5.91 Å². The van der Waals surface area contributed by atoms with Gasteiger partial charge in [0, 0.05) is 50.3 Å². The number of likely N-dealkylation sites (tertiary alicyclic amines) is 1. The van der Waals surface area contributed by atoms with E-state index in [-0.39, 0.29) is 5.41 Å². The number of amides is 1. The molecule has 0 unspecified atom stereocenters. The molecule has 5 heteroatoms. The van der Waals surface area contributed by atoms with Gasteiger partial charge in [-0.15, -0.1) is 0 Å². The van der Waals surface area contributed by atoms with Crippen molar-refractivity contribution in [2.75, 3.05) is 55.7 Å². The van der Waals surface area contributed by atoms with Gasteiger partial charge in [0.25, 0.3) is 0 Å². The number of benzene rings is 1. The van der Waals surface area contributed by atoms with Gasteiger partial charge in [-0.25, -0.2) is 0 Å². The predicted molar refractivity (Wildman–Crippen MR) is 117 cm³/mol. The third-order valence-electron chi connectivity index (χ3n) is 7.88. The third-order valence-corrected chi connectivity index (χ3v) is 7.88. The zero-order valence-corrected chi connectivity index (χ0v) is 17.9. The summed E-state index contributed by atoms with van der Waals surface area (Å²) < 4.78 is 5.53. The fourth-order valence-electron chi connectivity index (χ4n) is 5.97. The molecule has 1 atom stereocenters. The first-order valence-electron chi connectivity index (χ1n) is 11.7. The van der Waals surface area contributed by atoms with Gasteiger partial charge >= 0.3 is 0 Å². The molecule has 0 saturated carbocycles. The molecule has 1 spiro atoms. The lowest BCUT2D eigenvalue weighted by atomic mass is 9.79. The van der Waals surface area contributed by atoms with E-state index in [1.807, 2.05) is 0 Å². The maximum Gasteiger partial charge on any atom is 0.233 e. The Morgan fingerprint density at radius 3 is 2.62 bits per heavy atom. The van der Waals surface area contributed by atoms with Crippen LogP contribution in [0.25, 0.3) is 0 Å². The summed E-state index contributed by atoms with van der Waals surface area (Å²) >= 11 is 0. The van der Waals surface area contributed by atoms with Crippen LogP contribution in [0.4, 0.5) is 11.4 Å². The number of nitrogens with zero attached hydrogens (tertiary/aromatic N) is 3. The van der Waals surface area contributed by atoms with E-state index in [0.29, 0.717) is 5.91 Å². The summed E-state index contributed by atoms with van der Waals surface area (Å²) in [5.74, 6) is 0.332. The van der Waals surface area contributed by atoms with Crippen LogP contribution >= 0.6 is 0 Å². The zero-order chi connectivity index (χ0) is 19.8. The molecule has 5 rings (SSSR count). The highest BCUT2D eigenvalue weighted by molar-refractivity contribution is 6.00. The second kappa shape index (κ2) is 7.92. The van der Waals surface area contributed by atoms with Crippen molar-refractivity contribution in [2.45, 2.75) is 57.9 Å². The number of hydrogen-bond donors (Lipinski definition) is 0. The Hall–Kier alpha value is -1.59. The Morgan fingerprint density at radius 2 is 1.86 bits per heavy atom. The SMILES string of the molecule is CCc1cc(N2CC[C@H](N3CCCC3)C2)ccc1N1CCC2(CCOCC2)C1=O. The maximum absolute atomic E-state index is 13.3. The summed E-state index contributed by atoms with van der Waals surface area (Å²) in [6.45, 7) is 9.38. The summed E-state index contributed by atoms with van der Waals surface area (Å²) in [6, 6.07) is 7.54. The average molecular weight is 398 g/mol. The van der Waals surface area contributed by atoms with Crippen LogP contribution in [0.5, 0.6) is 0 Å². The van der Waals surface area contributed by atoms with E-state index < -0.39 is 0 Å². The largest absolute Gasteiger partial charge is 0.381 e. The van der Waals surface area contributed by atoms with Crippen molar-refractivity contribution in [3.63, 3.8) is 0 Å². The fraction of sp³-hybridized carbons (Fsp3) is 0.708. The molecule has 0 aromatic heterocycles. The molecule has 4 fully saturated rings. The van der Waals surface area contributed by atoms with E-state index in [0.717, 1.165) is 70.3 Å². The minimum Gasteiger partial charge on any atom is -0.381 e. The smallest absolute Gasteiger partial charge is 0.233 e. The number of ether oxygens (including phenoxy) is 1. The van der Waals surface area contributed by atoms with E-state index in [9.17, 15) is 4.79 Å². The summed E-state index contributed by atoms with van der Waals surface area (Å²) in [4.78, 5) is 20.6. The van der Waals surface area contributed by atoms with Crippen LogP contribution in [-0.2, 0) is 16.0 Å². The molecule has 0 aliphatic carbocycles. The molecule has 0 N–H and O–H groups in total. The summed E-state index contributed by atoms with van der Waals surface area (Å²) in [5, 5.41) is 0. The van der Waals surface area contributed by atoms with Gasteiger partial charge in [-0.3, -0.25) is 9.69 Å². The Labute approximate surface area is 175 Å². The first-order chi connectivity index (χ1) is 14.2. The minimum atomic E-state index is -0.167. The van der Waals surface area contributed by atoms with Crippen LogP contribution in [-0.4, -0.2) is 62.8 Å². The van der Waals surface area contributed by atoms with Gasteiger partial charge in [0.05, 0.1) is 5.41 Å². The Bertz CT molecular complexity index is 752. The van der Waals surface area contributed by atoms with Crippen LogP contribution in [0.2, 0.25) is 0 Å². The normalized spacial score (nSPS) is 27.5. The number of hydrogen-bond acceptors (Lipinski definition) is 4. The number of rotatable bonds is 4. The second-order valence-electron chi connectivity index (χ2n) is 9.40. The van der Waals surface area contributed by atoms with Crippen LogP contribution < -0.4 is 9.80 Å². The van der Waals surface area contributed by atoms with Gasteiger partial charge in [-0.2, -0.15) is 0 Å². The van der Waals surface area contributed by atoms with Gasteiger partial charge in [-0.05, 0) is 81.8 Å². The quantitative estimate of drug-likeness (QED) is 0.780. The summed E-state index contributed by atoms with van der Waals surface area (Å²) in [7, 11) is 0. The van der Waals surface area contributed by atoms with Crippen molar-refractivity contribution in [2.24, 2.45) is 5.41 Å². The molecule has 0 bridgehead atoms. The molecule has 0 radical (unpaired) electrons. The molecule has 4 heterocycles. The van der Waals surface area contributed by atoms with Gasteiger partial charge < -0.3 is 14.5 Å². The highest BCUT2D eigenvalue weighted by Crippen LogP contribution is 2.43. The maximum atomic E-state index is 13.3. The first-order valence-corrected chi connectivity index (χ1v) is 11.7. The Balaban J connectivity index is 1.33. The predicted octanol–water partition coefficient (Wildman–Crippen LogP) is 3.46. The zero-order valence-electron chi connectivity index (χ0n) is 17.9. The standard InChI is InChI=1S/C24H35N3O2/c1-2-19-17-20(26-13-7-21(18-26)25-11-3-4-12-25)5-6-22(19)27-14-8-24(23(27)28)9-15-29-16-10-24/h5-6,17,21H,2-4,7-16,18H2,1H3/t21-/m0/s1. The van der Waals surface area contributed by atoms with Crippen molar-refractivity contribution >= 4 is 17.3 Å². The molecule has 5 nitrogen and oxygen atoms in total. The van der Waals surface area contributed by atoms with Crippen LogP contribution in [0, 0.1) is 5.41 Å². The molecular weight excluding hydrogens is 362 g/mol. The van der Waals surface area contributed by atoms with Crippen LogP contribution in [0.15, 0.2) is 18.2 Å². The molecule has 1 aromatic carbocycles. The third kappa shape index (κ3) is 3.46. The number of anilines is 2. The topological polar surface area (TPSA) is 36.0 Å². The van der Waals surface area contributed by atoms with Crippen LogP contribution in [0.3, 0.4) is 0 Å². The number of carbonyl (C=O) groups is 1. The van der Waals surface area contributed by atoms with Crippen molar-refractivity contribution in [1.29, 1.82) is 0 Å². The minimum absolute atomic E-state index is 0.167. The van der Waals surface area contributed by atoms with Gasteiger partial charge in [-0.1, -0.05) is 6.92 Å². The average Bonchev–Trinajstić information content (AvgIpc) is 3.50. The number of carbonyl (C=O) groups excluding carboxylic acids is 1. The highest BCUT2D eigenvalue weighted by atomic mass is 16.5. The Morgan fingerprint density at radius 1 is 1.07 bits per heavy atom. The second-order valence-corrected chi connectivity index (χ2v) is 9.40. The van der Waals surface area contributed by atoms with Crippen molar-refractivity contribution in [1.82, 2.24) is 4.90 Å². The van der Waals surface area contributed by atoms with E-state index >= 15 is 0 Å². The van der Waals surface area contributed by atoms with Crippen molar-refractivity contribution < 1.29 is 9.53 Å². The molecule has 4 saturated heterocycles. The lowest BCUT2D eigenvalue weighted by molar-refractivity contribution is -0.130. The van der Waals surface area contributed by atoms with Crippen LogP contribution in [0.1, 0.15) is 51.0 Å². The summed E-state index contributed by atoms with van der Waals surface area (Å²) in [5.41, 5.74) is 3.61.